The summed E-state index contributed by atoms with van der Waals surface area (Å²) in [7, 11) is 3.26. The second-order valence-electron chi connectivity index (χ2n) is 6.83. The number of hydrogen-bond donors (Lipinski definition) is 1. The van der Waals surface area contributed by atoms with Crippen molar-refractivity contribution in [1.29, 1.82) is 0 Å². The van der Waals surface area contributed by atoms with Crippen LogP contribution in [0.4, 0.5) is 5.69 Å². The number of aliphatic hydroxyl groups excluding tert-OH is 1. The molecular formula is C22H24N2O4. The zero-order valence-corrected chi connectivity index (χ0v) is 16.5. The molecule has 0 atom stereocenters. The van der Waals surface area contributed by atoms with Gasteiger partial charge in [-0.1, -0.05) is 23.8 Å². The van der Waals surface area contributed by atoms with E-state index >= 15 is 0 Å². The van der Waals surface area contributed by atoms with Crippen LogP contribution in [-0.4, -0.2) is 49.1 Å². The molecule has 3 rings (SSSR count). The molecule has 6 nitrogen and oxygen atoms in total. The molecule has 0 radical (unpaired) electrons. The molecule has 28 heavy (non-hydrogen) atoms. The third-order valence-electron chi connectivity index (χ3n) is 4.86. The molecule has 6 heteroatoms. The third kappa shape index (κ3) is 3.39. The van der Waals surface area contributed by atoms with Crippen molar-refractivity contribution < 1.29 is 19.4 Å². The van der Waals surface area contributed by atoms with Crippen molar-refractivity contribution in [2.24, 2.45) is 0 Å². The lowest BCUT2D eigenvalue weighted by atomic mass is 9.97. The Balaban J connectivity index is 2.13. The topological polar surface area (TPSA) is 70.1 Å². The number of likely N-dealkylation sites (N-methyl/N-ethyl adjacent to an activating group) is 1. The van der Waals surface area contributed by atoms with E-state index in [-0.39, 0.29) is 19.1 Å². The number of carbonyl (C=O) groups excluding carboxylic acids is 2. The summed E-state index contributed by atoms with van der Waals surface area (Å²) in [6.45, 7) is 4.03. The van der Waals surface area contributed by atoms with Crippen LogP contribution < -0.4 is 9.64 Å². The summed E-state index contributed by atoms with van der Waals surface area (Å²) in [5.41, 5.74) is 3.85. The number of carbonyl (C=O) groups is 2. The molecule has 0 aromatic heterocycles. The van der Waals surface area contributed by atoms with Gasteiger partial charge in [-0.05, 0) is 49.2 Å². The minimum Gasteiger partial charge on any atom is -0.497 e. The Bertz CT molecular complexity index is 948. The molecule has 1 aliphatic rings. The van der Waals surface area contributed by atoms with Gasteiger partial charge in [0.15, 0.2) is 0 Å². The first-order valence-corrected chi connectivity index (χ1v) is 9.05. The van der Waals surface area contributed by atoms with Gasteiger partial charge < -0.3 is 14.7 Å². The first kappa shape index (κ1) is 19.6. The van der Waals surface area contributed by atoms with E-state index in [1.54, 1.807) is 43.3 Å². The van der Waals surface area contributed by atoms with Crippen LogP contribution in [0.1, 0.15) is 16.7 Å². The van der Waals surface area contributed by atoms with E-state index in [4.69, 9.17) is 4.74 Å². The second kappa shape index (κ2) is 7.86. The van der Waals surface area contributed by atoms with Crippen molar-refractivity contribution in [3.05, 3.63) is 64.9 Å². The molecule has 146 valence electrons. The first-order chi connectivity index (χ1) is 13.4. The average Bonchev–Trinajstić information content (AvgIpc) is 2.92. The van der Waals surface area contributed by atoms with Gasteiger partial charge in [0, 0.05) is 13.6 Å². The number of benzene rings is 2. The summed E-state index contributed by atoms with van der Waals surface area (Å²) in [4.78, 5) is 29.4. The van der Waals surface area contributed by atoms with Gasteiger partial charge in [-0.25, -0.2) is 4.90 Å². The van der Waals surface area contributed by atoms with E-state index < -0.39 is 5.91 Å². The van der Waals surface area contributed by atoms with Crippen molar-refractivity contribution in [3.8, 4) is 5.75 Å². The minimum atomic E-state index is -0.402. The van der Waals surface area contributed by atoms with Crippen LogP contribution in [0.3, 0.4) is 0 Å². The van der Waals surface area contributed by atoms with Crippen LogP contribution in [0.15, 0.2) is 48.2 Å². The van der Waals surface area contributed by atoms with E-state index in [0.29, 0.717) is 22.7 Å². The Hall–Kier alpha value is -3.12. The molecule has 0 saturated heterocycles. The molecule has 2 aromatic rings. The Morgan fingerprint density at radius 3 is 2.29 bits per heavy atom. The second-order valence-corrected chi connectivity index (χ2v) is 6.83. The van der Waals surface area contributed by atoms with Crippen LogP contribution >= 0.6 is 0 Å². The monoisotopic (exact) mass is 380 g/mol. The number of aliphatic hydroxyl groups is 1. The van der Waals surface area contributed by atoms with Crippen LogP contribution in [-0.2, 0) is 9.59 Å². The highest BCUT2D eigenvalue weighted by atomic mass is 16.5. The number of hydrogen-bond acceptors (Lipinski definition) is 5. The Morgan fingerprint density at radius 1 is 1.04 bits per heavy atom. The summed E-state index contributed by atoms with van der Waals surface area (Å²) < 4.78 is 5.16. The lowest BCUT2D eigenvalue weighted by Gasteiger charge is -2.20. The smallest absolute Gasteiger partial charge is 0.282 e. The average molecular weight is 380 g/mol. The summed E-state index contributed by atoms with van der Waals surface area (Å²) in [5.74, 6) is -0.133. The number of imide groups is 1. The van der Waals surface area contributed by atoms with Crippen molar-refractivity contribution in [1.82, 2.24) is 4.90 Å². The molecule has 0 saturated carbocycles. The number of aryl methyl sites for hydroxylation is 2. The van der Waals surface area contributed by atoms with Crippen LogP contribution in [0.25, 0.3) is 5.57 Å². The van der Waals surface area contributed by atoms with Crippen molar-refractivity contribution >= 4 is 23.1 Å². The fraction of sp³-hybridized carbons (Fsp3) is 0.273. The maximum Gasteiger partial charge on any atom is 0.282 e. The summed E-state index contributed by atoms with van der Waals surface area (Å²) in [6.07, 6.45) is 0. The van der Waals surface area contributed by atoms with Gasteiger partial charge in [0.2, 0.25) is 0 Å². The highest BCUT2D eigenvalue weighted by molar-refractivity contribution is 6.45. The number of nitrogens with zero attached hydrogens (tertiary/aromatic N) is 2. The Labute approximate surface area is 164 Å². The fourth-order valence-electron chi connectivity index (χ4n) is 3.44. The molecule has 0 unspecified atom stereocenters. The van der Waals surface area contributed by atoms with Gasteiger partial charge in [-0.15, -0.1) is 0 Å². The predicted molar refractivity (Wildman–Crippen MR) is 108 cm³/mol. The SMILES string of the molecule is COc1ccc(N2C(=O)C(c3ccc(C)cc3C)=C(N(C)CCO)C2=O)cc1. The molecule has 1 heterocycles. The number of anilines is 1. The standard InChI is InChI=1S/C22H24N2O4/c1-14-5-10-18(15(2)13-14)19-20(23(3)11-12-25)22(27)24(21(19)26)16-6-8-17(28-4)9-7-16/h5-10,13,25H,11-12H2,1-4H3. The van der Waals surface area contributed by atoms with E-state index in [2.05, 4.69) is 0 Å². The zero-order chi connectivity index (χ0) is 20.4. The molecule has 0 fully saturated rings. The van der Waals surface area contributed by atoms with Crippen LogP contribution in [0.5, 0.6) is 5.75 Å². The van der Waals surface area contributed by atoms with Crippen LogP contribution in [0, 0.1) is 13.8 Å². The highest BCUT2D eigenvalue weighted by Gasteiger charge is 2.42. The molecule has 1 aliphatic heterocycles. The largest absolute Gasteiger partial charge is 0.497 e. The lowest BCUT2D eigenvalue weighted by Crippen LogP contribution is -2.34. The normalized spacial score (nSPS) is 14.1. The van der Waals surface area contributed by atoms with Gasteiger partial charge in [0.1, 0.15) is 11.4 Å². The molecule has 0 spiro atoms. The molecule has 0 aliphatic carbocycles. The van der Waals surface area contributed by atoms with E-state index in [9.17, 15) is 14.7 Å². The van der Waals surface area contributed by atoms with Crippen molar-refractivity contribution in [3.63, 3.8) is 0 Å². The maximum absolute atomic E-state index is 13.4. The van der Waals surface area contributed by atoms with E-state index in [1.165, 1.54) is 4.90 Å². The number of amides is 2. The van der Waals surface area contributed by atoms with Gasteiger partial charge in [0.25, 0.3) is 11.8 Å². The predicted octanol–water partition coefficient (Wildman–Crippen LogP) is 2.52. The first-order valence-electron chi connectivity index (χ1n) is 9.05. The third-order valence-corrected chi connectivity index (χ3v) is 4.86. The van der Waals surface area contributed by atoms with Gasteiger partial charge >= 0.3 is 0 Å². The number of rotatable bonds is 6. The molecule has 2 amide bonds. The van der Waals surface area contributed by atoms with Gasteiger partial charge in [-0.2, -0.15) is 0 Å². The number of ether oxygens (including phenoxy) is 1. The van der Waals surface area contributed by atoms with Gasteiger partial charge in [-0.3, -0.25) is 9.59 Å². The zero-order valence-electron chi connectivity index (χ0n) is 16.5. The van der Waals surface area contributed by atoms with Crippen molar-refractivity contribution in [2.75, 3.05) is 32.2 Å². The Kier molecular flexibility index (Phi) is 5.51. The maximum atomic E-state index is 13.4. The fourth-order valence-corrected chi connectivity index (χ4v) is 3.44. The number of methoxy groups -OCH3 is 1. The summed E-state index contributed by atoms with van der Waals surface area (Å²) >= 11 is 0. The van der Waals surface area contributed by atoms with E-state index in [1.807, 2.05) is 32.0 Å². The quantitative estimate of drug-likeness (QED) is 0.780. The highest BCUT2D eigenvalue weighted by Crippen LogP contribution is 2.36. The molecule has 1 N–H and O–H groups in total. The minimum absolute atomic E-state index is 0.121. The van der Waals surface area contributed by atoms with Crippen LogP contribution in [0.2, 0.25) is 0 Å². The summed E-state index contributed by atoms with van der Waals surface area (Å²) in [5, 5.41) is 9.35. The lowest BCUT2D eigenvalue weighted by molar-refractivity contribution is -0.120. The summed E-state index contributed by atoms with van der Waals surface area (Å²) in [6, 6.07) is 12.6. The molecular weight excluding hydrogens is 356 g/mol. The van der Waals surface area contributed by atoms with Crippen molar-refractivity contribution in [2.45, 2.75) is 13.8 Å². The van der Waals surface area contributed by atoms with Gasteiger partial charge in [0.05, 0.1) is 25.0 Å². The Morgan fingerprint density at radius 2 is 1.71 bits per heavy atom. The van der Waals surface area contributed by atoms with E-state index in [0.717, 1.165) is 16.7 Å². The molecule has 2 aromatic carbocycles. The molecule has 0 bridgehead atoms.